The molecule has 2 aromatic rings. The van der Waals surface area contributed by atoms with E-state index in [2.05, 4.69) is 41.5 Å². The van der Waals surface area contributed by atoms with Crippen LogP contribution >= 0.6 is 0 Å². The Morgan fingerprint density at radius 3 is 2.67 bits per heavy atom. The predicted octanol–water partition coefficient (Wildman–Crippen LogP) is 1.98. The Kier molecular flexibility index (Phi) is 3.15. The molecule has 15 heavy (non-hydrogen) atoms. The molecule has 0 spiro atoms. The van der Waals surface area contributed by atoms with E-state index in [-0.39, 0.29) is 0 Å². The minimum absolute atomic E-state index is 0.931. The van der Waals surface area contributed by atoms with Crippen molar-refractivity contribution in [2.45, 2.75) is 13.5 Å². The van der Waals surface area contributed by atoms with Crippen molar-refractivity contribution in [3.63, 3.8) is 0 Å². The van der Waals surface area contributed by atoms with Gasteiger partial charge in [0.05, 0.1) is 6.33 Å². The van der Waals surface area contributed by atoms with Crippen molar-refractivity contribution in [1.29, 1.82) is 0 Å². The van der Waals surface area contributed by atoms with E-state index in [1.165, 1.54) is 5.56 Å². The molecule has 1 N–H and O–H groups in total. The quantitative estimate of drug-likeness (QED) is 0.819. The van der Waals surface area contributed by atoms with Crippen LogP contribution in [0.15, 0.2) is 43.0 Å². The summed E-state index contributed by atoms with van der Waals surface area (Å²) in [5.41, 5.74) is 2.45. The molecule has 0 saturated heterocycles. The van der Waals surface area contributed by atoms with Crippen molar-refractivity contribution in [2.24, 2.45) is 0 Å². The summed E-state index contributed by atoms with van der Waals surface area (Å²) in [4.78, 5) is 4.02. The van der Waals surface area contributed by atoms with Crippen LogP contribution in [0.1, 0.15) is 12.5 Å². The van der Waals surface area contributed by atoms with Gasteiger partial charge in [0.15, 0.2) is 0 Å². The highest BCUT2D eigenvalue weighted by atomic mass is 15.0. The van der Waals surface area contributed by atoms with Crippen LogP contribution in [-0.2, 0) is 6.54 Å². The second-order valence-corrected chi connectivity index (χ2v) is 3.42. The molecule has 3 heteroatoms. The zero-order valence-corrected chi connectivity index (χ0v) is 8.85. The zero-order valence-electron chi connectivity index (χ0n) is 8.85. The zero-order chi connectivity index (χ0) is 10.5. The van der Waals surface area contributed by atoms with Crippen LogP contribution in [0, 0.1) is 0 Å². The van der Waals surface area contributed by atoms with Gasteiger partial charge in [0, 0.05) is 24.6 Å². The summed E-state index contributed by atoms with van der Waals surface area (Å²) in [6.07, 6.45) is 5.53. The van der Waals surface area contributed by atoms with Gasteiger partial charge in [-0.3, -0.25) is 0 Å². The van der Waals surface area contributed by atoms with Gasteiger partial charge in [0.1, 0.15) is 0 Å². The number of benzene rings is 1. The molecule has 0 aliphatic heterocycles. The van der Waals surface area contributed by atoms with E-state index in [9.17, 15) is 0 Å². The Labute approximate surface area is 89.8 Å². The molecule has 1 heterocycles. The maximum Gasteiger partial charge on any atom is 0.0991 e. The molecular weight excluding hydrogens is 186 g/mol. The van der Waals surface area contributed by atoms with Gasteiger partial charge in [-0.1, -0.05) is 19.1 Å². The lowest BCUT2D eigenvalue weighted by Gasteiger charge is -2.04. The number of aromatic nitrogens is 2. The minimum atomic E-state index is 0.931. The molecule has 0 saturated carbocycles. The van der Waals surface area contributed by atoms with Gasteiger partial charge < -0.3 is 9.88 Å². The standard InChI is InChI=1S/C12H15N3/c1-2-13-9-11-3-5-12(6-4-11)15-8-7-14-10-15/h3-8,10,13H,2,9H2,1H3. The summed E-state index contributed by atoms with van der Waals surface area (Å²) in [5, 5.41) is 3.30. The molecule has 78 valence electrons. The fourth-order valence-corrected chi connectivity index (χ4v) is 1.47. The molecular formula is C12H15N3. The number of hydrogen-bond acceptors (Lipinski definition) is 2. The monoisotopic (exact) mass is 201 g/mol. The first-order valence-electron chi connectivity index (χ1n) is 5.18. The Bertz CT molecular complexity index is 389. The van der Waals surface area contributed by atoms with E-state index >= 15 is 0 Å². The first-order chi connectivity index (χ1) is 7.40. The number of nitrogens with one attached hydrogen (secondary N) is 1. The average Bonchev–Trinajstić information content (AvgIpc) is 2.80. The van der Waals surface area contributed by atoms with Crippen LogP contribution in [-0.4, -0.2) is 16.1 Å². The normalized spacial score (nSPS) is 10.5. The van der Waals surface area contributed by atoms with E-state index in [0.29, 0.717) is 0 Å². The van der Waals surface area contributed by atoms with Crippen LogP contribution in [0.25, 0.3) is 5.69 Å². The van der Waals surface area contributed by atoms with E-state index in [4.69, 9.17) is 0 Å². The molecule has 0 radical (unpaired) electrons. The molecule has 0 aliphatic rings. The first kappa shape index (κ1) is 9.93. The smallest absolute Gasteiger partial charge is 0.0991 e. The summed E-state index contributed by atoms with van der Waals surface area (Å²) in [6.45, 7) is 4.05. The fourth-order valence-electron chi connectivity index (χ4n) is 1.47. The van der Waals surface area contributed by atoms with Crippen molar-refractivity contribution in [2.75, 3.05) is 6.54 Å². The Morgan fingerprint density at radius 2 is 2.07 bits per heavy atom. The Morgan fingerprint density at radius 1 is 1.27 bits per heavy atom. The Balaban J connectivity index is 2.11. The lowest BCUT2D eigenvalue weighted by molar-refractivity contribution is 0.726. The summed E-state index contributed by atoms with van der Waals surface area (Å²) in [6, 6.07) is 8.48. The van der Waals surface area contributed by atoms with Gasteiger partial charge in [-0.25, -0.2) is 4.98 Å². The van der Waals surface area contributed by atoms with Crippen LogP contribution in [0.5, 0.6) is 0 Å². The molecule has 0 amide bonds. The SMILES string of the molecule is CCNCc1ccc(-n2ccnc2)cc1. The van der Waals surface area contributed by atoms with E-state index in [0.717, 1.165) is 18.8 Å². The molecule has 1 aromatic heterocycles. The maximum absolute atomic E-state index is 4.02. The lowest BCUT2D eigenvalue weighted by Crippen LogP contribution is -2.11. The summed E-state index contributed by atoms with van der Waals surface area (Å²) >= 11 is 0. The second-order valence-electron chi connectivity index (χ2n) is 3.42. The van der Waals surface area contributed by atoms with Gasteiger partial charge in [-0.05, 0) is 24.2 Å². The average molecular weight is 201 g/mol. The van der Waals surface area contributed by atoms with Crippen molar-refractivity contribution < 1.29 is 0 Å². The number of imidazole rings is 1. The molecule has 1 aromatic carbocycles. The highest BCUT2D eigenvalue weighted by molar-refractivity contribution is 5.34. The highest BCUT2D eigenvalue weighted by Gasteiger charge is 1.95. The van der Waals surface area contributed by atoms with Crippen molar-refractivity contribution in [3.8, 4) is 5.69 Å². The van der Waals surface area contributed by atoms with Gasteiger partial charge >= 0.3 is 0 Å². The van der Waals surface area contributed by atoms with Gasteiger partial charge in [0.25, 0.3) is 0 Å². The summed E-state index contributed by atoms with van der Waals surface area (Å²) < 4.78 is 2.00. The van der Waals surface area contributed by atoms with Crippen LogP contribution < -0.4 is 5.32 Å². The van der Waals surface area contributed by atoms with Gasteiger partial charge in [-0.2, -0.15) is 0 Å². The highest BCUT2D eigenvalue weighted by Crippen LogP contribution is 2.08. The third kappa shape index (κ3) is 2.44. The fraction of sp³-hybridized carbons (Fsp3) is 0.250. The van der Waals surface area contributed by atoms with Crippen LogP contribution in [0.4, 0.5) is 0 Å². The number of rotatable bonds is 4. The molecule has 3 nitrogen and oxygen atoms in total. The molecule has 0 atom stereocenters. The topological polar surface area (TPSA) is 29.9 Å². The van der Waals surface area contributed by atoms with Crippen molar-refractivity contribution in [3.05, 3.63) is 48.5 Å². The lowest BCUT2D eigenvalue weighted by atomic mass is 10.2. The third-order valence-corrected chi connectivity index (χ3v) is 2.32. The maximum atomic E-state index is 4.02. The Hall–Kier alpha value is -1.61. The predicted molar refractivity (Wildman–Crippen MR) is 60.9 cm³/mol. The summed E-state index contributed by atoms with van der Waals surface area (Å²) in [5.74, 6) is 0. The van der Waals surface area contributed by atoms with Gasteiger partial charge in [0.2, 0.25) is 0 Å². The minimum Gasteiger partial charge on any atom is -0.313 e. The summed E-state index contributed by atoms with van der Waals surface area (Å²) in [7, 11) is 0. The molecule has 0 fully saturated rings. The number of hydrogen-bond donors (Lipinski definition) is 1. The van der Waals surface area contributed by atoms with Gasteiger partial charge in [-0.15, -0.1) is 0 Å². The second kappa shape index (κ2) is 4.75. The molecule has 0 aliphatic carbocycles. The van der Waals surface area contributed by atoms with E-state index < -0.39 is 0 Å². The van der Waals surface area contributed by atoms with Crippen molar-refractivity contribution in [1.82, 2.24) is 14.9 Å². The number of nitrogens with zero attached hydrogens (tertiary/aromatic N) is 2. The first-order valence-corrected chi connectivity index (χ1v) is 5.18. The van der Waals surface area contributed by atoms with E-state index in [1.54, 1.807) is 12.5 Å². The van der Waals surface area contributed by atoms with Crippen LogP contribution in [0.3, 0.4) is 0 Å². The molecule has 2 rings (SSSR count). The molecule has 0 bridgehead atoms. The third-order valence-electron chi connectivity index (χ3n) is 2.32. The van der Waals surface area contributed by atoms with Crippen molar-refractivity contribution >= 4 is 0 Å². The molecule has 0 unspecified atom stereocenters. The van der Waals surface area contributed by atoms with Crippen LogP contribution in [0.2, 0.25) is 0 Å². The van der Waals surface area contributed by atoms with E-state index in [1.807, 2.05) is 10.8 Å². The largest absolute Gasteiger partial charge is 0.313 e.